The van der Waals surface area contributed by atoms with E-state index in [2.05, 4.69) is 0 Å². The van der Waals surface area contributed by atoms with E-state index < -0.39 is 0 Å². The molecule has 0 saturated heterocycles. The highest BCUT2D eigenvalue weighted by Crippen LogP contribution is 2.47. The number of ether oxygens (including phenoxy) is 6. The number of ketones is 1. The standard InChI is InChI=1S/C26H22O8S/c1-29-17-6-5-13(7-16(17)27)26-23(15-10-18-19(34-12-33-18)11-22(15)35-26)24(28)14-8-20(30-2)25(32-4)21(9-14)31-3/h5-11,27H,12H2,1-4H3. The molecule has 1 aliphatic heterocycles. The van der Waals surface area contributed by atoms with Crippen molar-refractivity contribution in [2.45, 2.75) is 0 Å². The van der Waals surface area contributed by atoms with Crippen LogP contribution in [0.5, 0.6) is 40.2 Å². The van der Waals surface area contributed by atoms with Gasteiger partial charge in [0.25, 0.3) is 0 Å². The third-order valence-electron chi connectivity index (χ3n) is 5.78. The Bertz CT molecular complexity index is 1430. The molecule has 1 aromatic heterocycles. The Hall–Kier alpha value is -4.11. The highest BCUT2D eigenvalue weighted by atomic mass is 32.1. The first-order chi connectivity index (χ1) is 17.0. The lowest BCUT2D eigenvalue weighted by molar-refractivity contribution is 0.104. The first-order valence-corrected chi connectivity index (χ1v) is 11.4. The Labute approximate surface area is 205 Å². The van der Waals surface area contributed by atoms with E-state index in [-0.39, 0.29) is 18.3 Å². The molecule has 0 aliphatic carbocycles. The van der Waals surface area contributed by atoms with Gasteiger partial charge in [0.2, 0.25) is 12.5 Å². The maximum Gasteiger partial charge on any atom is 0.231 e. The molecule has 5 rings (SSSR count). The maximum absolute atomic E-state index is 14.1. The predicted octanol–water partition coefficient (Wildman–Crippen LogP) is 5.27. The Morgan fingerprint density at radius 3 is 2.11 bits per heavy atom. The van der Waals surface area contributed by atoms with E-state index in [0.29, 0.717) is 61.5 Å². The van der Waals surface area contributed by atoms with Crippen LogP contribution in [0.1, 0.15) is 15.9 Å². The van der Waals surface area contributed by atoms with Crippen molar-refractivity contribution < 1.29 is 38.3 Å². The number of carbonyl (C=O) groups is 1. The van der Waals surface area contributed by atoms with Gasteiger partial charge in [0, 0.05) is 32.2 Å². The SMILES string of the molecule is COc1ccc(-c2sc3cc4c(cc3c2C(=O)c2cc(OC)c(OC)c(OC)c2)OCO4)cc1O. The number of phenolic OH excluding ortho intramolecular Hbond substituents is 1. The van der Waals surface area contributed by atoms with Gasteiger partial charge in [-0.25, -0.2) is 0 Å². The fourth-order valence-electron chi connectivity index (χ4n) is 4.10. The van der Waals surface area contributed by atoms with Crippen LogP contribution in [0.2, 0.25) is 0 Å². The maximum atomic E-state index is 14.1. The second-order valence-electron chi connectivity index (χ2n) is 7.64. The molecule has 0 fully saturated rings. The molecule has 0 saturated carbocycles. The summed E-state index contributed by atoms with van der Waals surface area (Å²) in [6.45, 7) is 0.127. The molecule has 3 aromatic carbocycles. The topological polar surface area (TPSA) is 92.7 Å². The molecule has 0 unspecified atom stereocenters. The first kappa shape index (κ1) is 22.7. The second-order valence-corrected chi connectivity index (χ2v) is 8.69. The molecule has 8 nitrogen and oxygen atoms in total. The van der Waals surface area contributed by atoms with Gasteiger partial charge in [-0.2, -0.15) is 0 Å². The summed E-state index contributed by atoms with van der Waals surface area (Å²) in [6.07, 6.45) is 0. The van der Waals surface area contributed by atoms with Gasteiger partial charge in [0.05, 0.1) is 28.4 Å². The third-order valence-corrected chi connectivity index (χ3v) is 6.98. The van der Waals surface area contributed by atoms with E-state index in [4.69, 9.17) is 28.4 Å². The van der Waals surface area contributed by atoms with Gasteiger partial charge >= 0.3 is 0 Å². The quantitative estimate of drug-likeness (QED) is 0.348. The number of hydrogen-bond donors (Lipinski definition) is 1. The summed E-state index contributed by atoms with van der Waals surface area (Å²) in [5.74, 6) is 2.39. The van der Waals surface area contributed by atoms with Crippen molar-refractivity contribution in [1.29, 1.82) is 0 Å². The number of benzene rings is 3. The van der Waals surface area contributed by atoms with Crippen molar-refractivity contribution in [3.63, 3.8) is 0 Å². The van der Waals surface area contributed by atoms with E-state index in [9.17, 15) is 9.90 Å². The Kier molecular flexibility index (Phi) is 5.78. The Morgan fingerprint density at radius 2 is 1.51 bits per heavy atom. The van der Waals surface area contributed by atoms with Crippen LogP contribution in [-0.2, 0) is 0 Å². The lowest BCUT2D eigenvalue weighted by atomic mass is 9.96. The van der Waals surface area contributed by atoms with Gasteiger partial charge < -0.3 is 33.5 Å². The summed E-state index contributed by atoms with van der Waals surface area (Å²) in [6, 6.07) is 12.0. The molecular formula is C26H22O8S. The van der Waals surface area contributed by atoms with E-state index in [1.54, 1.807) is 30.3 Å². The van der Waals surface area contributed by atoms with E-state index >= 15 is 0 Å². The number of carbonyl (C=O) groups excluding carboxylic acids is 1. The zero-order valence-electron chi connectivity index (χ0n) is 19.5. The molecule has 0 amide bonds. The molecule has 0 spiro atoms. The average Bonchev–Trinajstić information content (AvgIpc) is 3.49. The van der Waals surface area contributed by atoms with Crippen molar-refractivity contribution >= 4 is 27.2 Å². The van der Waals surface area contributed by atoms with E-state index in [0.717, 1.165) is 4.70 Å². The summed E-state index contributed by atoms with van der Waals surface area (Å²) >= 11 is 1.42. The van der Waals surface area contributed by atoms with Crippen LogP contribution in [0.25, 0.3) is 20.5 Å². The van der Waals surface area contributed by atoms with Crippen molar-refractivity contribution in [2.75, 3.05) is 35.2 Å². The van der Waals surface area contributed by atoms with Gasteiger partial charge in [-0.15, -0.1) is 11.3 Å². The monoisotopic (exact) mass is 494 g/mol. The highest BCUT2D eigenvalue weighted by Gasteiger charge is 2.27. The largest absolute Gasteiger partial charge is 0.504 e. The Balaban J connectivity index is 1.75. The molecule has 2 heterocycles. The van der Waals surface area contributed by atoms with Crippen molar-refractivity contribution in [3.8, 4) is 50.7 Å². The smallest absolute Gasteiger partial charge is 0.231 e. The number of thiophene rings is 1. The fraction of sp³-hybridized carbons (Fsp3) is 0.192. The lowest BCUT2D eigenvalue weighted by Crippen LogP contribution is -2.05. The average molecular weight is 495 g/mol. The van der Waals surface area contributed by atoms with Gasteiger partial charge in [-0.05, 0) is 42.0 Å². The van der Waals surface area contributed by atoms with E-state index in [1.165, 1.54) is 39.8 Å². The lowest BCUT2D eigenvalue weighted by Gasteiger charge is -2.14. The highest BCUT2D eigenvalue weighted by molar-refractivity contribution is 7.22. The van der Waals surface area contributed by atoms with Crippen molar-refractivity contribution in [3.05, 3.63) is 53.6 Å². The molecule has 9 heteroatoms. The van der Waals surface area contributed by atoms with Crippen molar-refractivity contribution in [1.82, 2.24) is 0 Å². The predicted molar refractivity (Wildman–Crippen MR) is 131 cm³/mol. The molecule has 35 heavy (non-hydrogen) atoms. The number of fused-ring (bicyclic) bond motifs is 2. The minimum absolute atomic E-state index is 0.0252. The molecule has 1 N–H and O–H groups in total. The third kappa shape index (κ3) is 3.74. The van der Waals surface area contributed by atoms with Gasteiger partial charge in [0.1, 0.15) is 0 Å². The van der Waals surface area contributed by atoms with Crippen LogP contribution in [0.3, 0.4) is 0 Å². The number of phenols is 1. The second kappa shape index (κ2) is 8.92. The number of aromatic hydroxyl groups is 1. The zero-order chi connectivity index (χ0) is 24.7. The van der Waals surface area contributed by atoms with Crippen molar-refractivity contribution in [2.24, 2.45) is 0 Å². The molecule has 0 radical (unpaired) electrons. The Morgan fingerprint density at radius 1 is 0.857 bits per heavy atom. The number of methoxy groups -OCH3 is 4. The zero-order valence-corrected chi connectivity index (χ0v) is 20.3. The van der Waals surface area contributed by atoms with Crippen LogP contribution in [0, 0.1) is 0 Å². The molecule has 0 bridgehead atoms. The summed E-state index contributed by atoms with van der Waals surface area (Å²) in [4.78, 5) is 14.7. The van der Waals surface area contributed by atoms with E-state index in [1.807, 2.05) is 12.1 Å². The van der Waals surface area contributed by atoms with Crippen LogP contribution in [0.4, 0.5) is 0 Å². The summed E-state index contributed by atoms with van der Waals surface area (Å²) in [5.41, 5.74) is 1.49. The first-order valence-electron chi connectivity index (χ1n) is 10.6. The molecule has 180 valence electrons. The normalized spacial score (nSPS) is 12.0. The summed E-state index contributed by atoms with van der Waals surface area (Å²) in [7, 11) is 5.98. The fourth-order valence-corrected chi connectivity index (χ4v) is 5.31. The number of hydrogen-bond acceptors (Lipinski definition) is 9. The van der Waals surface area contributed by atoms with Crippen LogP contribution >= 0.6 is 11.3 Å². The summed E-state index contributed by atoms with van der Waals surface area (Å²) < 4.78 is 33.4. The minimum Gasteiger partial charge on any atom is -0.504 e. The molecule has 1 aliphatic rings. The van der Waals surface area contributed by atoms with Crippen LogP contribution in [-0.4, -0.2) is 46.1 Å². The minimum atomic E-state index is -0.250. The van der Waals surface area contributed by atoms with Crippen LogP contribution in [0.15, 0.2) is 42.5 Å². The number of rotatable bonds is 7. The molecule has 0 atom stereocenters. The summed E-state index contributed by atoms with van der Waals surface area (Å²) in [5, 5.41) is 11.1. The van der Waals surface area contributed by atoms with Crippen LogP contribution < -0.4 is 28.4 Å². The molecule has 4 aromatic rings. The van der Waals surface area contributed by atoms with Gasteiger partial charge in [-0.1, -0.05) is 0 Å². The van der Waals surface area contributed by atoms with Gasteiger partial charge in [0.15, 0.2) is 40.3 Å². The van der Waals surface area contributed by atoms with Gasteiger partial charge in [-0.3, -0.25) is 4.79 Å². The molecular weight excluding hydrogens is 472 g/mol.